The van der Waals surface area contributed by atoms with Crippen LogP contribution in [0.25, 0.3) is 0 Å². The molecule has 20 heavy (non-hydrogen) atoms. The second kappa shape index (κ2) is 6.60. The van der Waals surface area contributed by atoms with E-state index < -0.39 is 22.4 Å². The Morgan fingerprint density at radius 1 is 1.50 bits per heavy atom. The number of anilines is 1. The van der Waals surface area contributed by atoms with Crippen molar-refractivity contribution in [2.75, 3.05) is 18.6 Å². The Bertz CT molecular complexity index is 517. The highest BCUT2D eigenvalue weighted by molar-refractivity contribution is 7.83. The zero-order chi connectivity index (χ0) is 15.3. The van der Waals surface area contributed by atoms with Gasteiger partial charge in [0.1, 0.15) is 12.4 Å². The maximum atomic E-state index is 11.3. The SMILES string of the molecule is CS(=O)Cc1cc(N)ccc1OCC(C)(C)NC(=O)O. The van der Waals surface area contributed by atoms with Crippen LogP contribution in [-0.4, -0.2) is 33.8 Å². The quantitative estimate of drug-likeness (QED) is 0.692. The summed E-state index contributed by atoms with van der Waals surface area (Å²) in [5, 5.41) is 11.1. The van der Waals surface area contributed by atoms with E-state index in [2.05, 4.69) is 5.32 Å². The monoisotopic (exact) mass is 300 g/mol. The van der Waals surface area contributed by atoms with Gasteiger partial charge in [-0.1, -0.05) is 0 Å². The van der Waals surface area contributed by atoms with Crippen LogP contribution in [0.5, 0.6) is 5.75 Å². The van der Waals surface area contributed by atoms with Crippen LogP contribution < -0.4 is 15.8 Å². The van der Waals surface area contributed by atoms with Crippen LogP contribution in [0.15, 0.2) is 18.2 Å². The minimum Gasteiger partial charge on any atom is -0.491 e. The van der Waals surface area contributed by atoms with Gasteiger partial charge in [0.25, 0.3) is 0 Å². The Hall–Kier alpha value is -1.76. The van der Waals surface area contributed by atoms with Crippen molar-refractivity contribution in [3.05, 3.63) is 23.8 Å². The minimum absolute atomic E-state index is 0.159. The van der Waals surface area contributed by atoms with Crippen LogP contribution in [0.4, 0.5) is 10.5 Å². The molecule has 7 heteroatoms. The minimum atomic E-state index is -1.11. The molecule has 0 aliphatic carbocycles. The van der Waals surface area contributed by atoms with Crippen LogP contribution in [-0.2, 0) is 16.6 Å². The van der Waals surface area contributed by atoms with Crippen molar-refractivity contribution < 1.29 is 18.8 Å². The largest absolute Gasteiger partial charge is 0.491 e. The lowest BCUT2D eigenvalue weighted by atomic mass is 10.1. The summed E-state index contributed by atoms with van der Waals surface area (Å²) in [6.45, 7) is 3.60. The van der Waals surface area contributed by atoms with E-state index in [1.807, 2.05) is 0 Å². The number of hydrogen-bond acceptors (Lipinski definition) is 4. The highest BCUT2D eigenvalue weighted by Crippen LogP contribution is 2.23. The highest BCUT2D eigenvalue weighted by Gasteiger charge is 2.21. The molecule has 1 aromatic carbocycles. The van der Waals surface area contributed by atoms with E-state index in [9.17, 15) is 9.00 Å². The van der Waals surface area contributed by atoms with Crippen molar-refractivity contribution >= 4 is 22.6 Å². The normalized spacial score (nSPS) is 12.8. The van der Waals surface area contributed by atoms with E-state index in [0.29, 0.717) is 17.2 Å². The number of nitrogen functional groups attached to an aromatic ring is 1. The fourth-order valence-corrected chi connectivity index (χ4v) is 2.32. The topological polar surface area (TPSA) is 102 Å². The molecule has 1 amide bonds. The summed E-state index contributed by atoms with van der Waals surface area (Å²) in [6.07, 6.45) is 0.494. The molecule has 0 aliphatic rings. The smallest absolute Gasteiger partial charge is 0.405 e. The van der Waals surface area contributed by atoms with Crippen LogP contribution in [0, 0.1) is 0 Å². The van der Waals surface area contributed by atoms with Crippen LogP contribution in [0.1, 0.15) is 19.4 Å². The summed E-state index contributed by atoms with van der Waals surface area (Å²) in [5.74, 6) is 0.905. The molecule has 4 N–H and O–H groups in total. The molecule has 1 rings (SSSR count). The van der Waals surface area contributed by atoms with E-state index in [1.165, 1.54) is 0 Å². The maximum Gasteiger partial charge on any atom is 0.405 e. The standard InChI is InChI=1S/C13H20N2O4S/c1-13(2,15-12(16)17)8-19-11-5-4-10(14)6-9(11)7-20(3)18/h4-6,15H,7-8,14H2,1-3H3,(H,16,17). The number of hydrogen-bond donors (Lipinski definition) is 3. The average Bonchev–Trinajstić information content (AvgIpc) is 2.25. The number of nitrogens with two attached hydrogens (primary N) is 1. The third-order valence-corrected chi connectivity index (χ3v) is 3.19. The Labute approximate surface area is 120 Å². The molecule has 0 heterocycles. The van der Waals surface area contributed by atoms with Crippen molar-refractivity contribution in [1.29, 1.82) is 0 Å². The molecule has 0 bridgehead atoms. The van der Waals surface area contributed by atoms with Gasteiger partial charge >= 0.3 is 6.09 Å². The third-order valence-electron chi connectivity index (χ3n) is 2.48. The fraction of sp³-hybridized carbons (Fsp3) is 0.462. The molecule has 112 valence electrons. The molecule has 6 nitrogen and oxygen atoms in total. The van der Waals surface area contributed by atoms with Crippen LogP contribution >= 0.6 is 0 Å². The van der Waals surface area contributed by atoms with Gasteiger partial charge in [-0.3, -0.25) is 4.21 Å². The Balaban J connectivity index is 2.81. The molecule has 1 aromatic rings. The van der Waals surface area contributed by atoms with Gasteiger partial charge in [-0.25, -0.2) is 4.79 Å². The molecule has 1 atom stereocenters. The van der Waals surface area contributed by atoms with Crippen LogP contribution in [0.2, 0.25) is 0 Å². The van der Waals surface area contributed by atoms with Gasteiger partial charge in [0, 0.05) is 28.3 Å². The van der Waals surface area contributed by atoms with Gasteiger partial charge in [-0.05, 0) is 32.0 Å². The molecule has 0 fully saturated rings. The number of rotatable bonds is 6. The summed E-state index contributed by atoms with van der Waals surface area (Å²) in [4.78, 5) is 10.7. The predicted molar refractivity (Wildman–Crippen MR) is 79.4 cm³/mol. The fourth-order valence-electron chi connectivity index (χ4n) is 1.66. The van der Waals surface area contributed by atoms with Gasteiger partial charge < -0.3 is 20.9 Å². The van der Waals surface area contributed by atoms with Crippen molar-refractivity contribution in [3.8, 4) is 5.75 Å². The first kappa shape index (κ1) is 16.3. The zero-order valence-electron chi connectivity index (χ0n) is 11.8. The first-order chi connectivity index (χ1) is 9.19. The van der Waals surface area contributed by atoms with Crippen molar-refractivity contribution in [3.63, 3.8) is 0 Å². The zero-order valence-corrected chi connectivity index (χ0v) is 12.6. The summed E-state index contributed by atoms with van der Waals surface area (Å²) in [5.41, 5.74) is 6.30. The van der Waals surface area contributed by atoms with E-state index in [1.54, 1.807) is 38.3 Å². The van der Waals surface area contributed by atoms with Gasteiger partial charge in [0.05, 0.1) is 11.3 Å². The van der Waals surface area contributed by atoms with Crippen molar-refractivity contribution in [2.24, 2.45) is 0 Å². The van der Waals surface area contributed by atoms with Crippen molar-refractivity contribution in [1.82, 2.24) is 5.32 Å². The lowest BCUT2D eigenvalue weighted by Gasteiger charge is -2.25. The molecule has 0 saturated carbocycles. The van der Waals surface area contributed by atoms with E-state index in [4.69, 9.17) is 15.6 Å². The van der Waals surface area contributed by atoms with E-state index in [0.717, 1.165) is 5.56 Å². The number of amides is 1. The third kappa shape index (κ3) is 5.48. The molecule has 0 aromatic heterocycles. The highest BCUT2D eigenvalue weighted by atomic mass is 32.2. The summed E-state index contributed by atoms with van der Waals surface area (Å²) in [7, 11) is -1.01. The van der Waals surface area contributed by atoms with Gasteiger partial charge in [0.15, 0.2) is 0 Å². The number of carboxylic acid groups (broad SMARTS) is 1. The van der Waals surface area contributed by atoms with E-state index >= 15 is 0 Å². The lowest BCUT2D eigenvalue weighted by molar-refractivity contribution is 0.162. The van der Waals surface area contributed by atoms with Crippen molar-refractivity contribution in [2.45, 2.75) is 25.1 Å². The molecular formula is C13H20N2O4S. The molecule has 1 unspecified atom stereocenters. The van der Waals surface area contributed by atoms with Gasteiger partial charge in [-0.15, -0.1) is 0 Å². The number of ether oxygens (including phenoxy) is 1. The Kier molecular flexibility index (Phi) is 5.38. The summed E-state index contributed by atoms with van der Waals surface area (Å²) >= 11 is 0. The molecule has 0 saturated heterocycles. The Morgan fingerprint density at radius 3 is 2.70 bits per heavy atom. The summed E-state index contributed by atoms with van der Waals surface area (Å²) < 4.78 is 17.0. The first-order valence-corrected chi connectivity index (χ1v) is 7.75. The molecule has 0 spiro atoms. The van der Waals surface area contributed by atoms with Gasteiger partial charge in [0.2, 0.25) is 0 Å². The number of nitrogens with one attached hydrogen (secondary N) is 1. The molecular weight excluding hydrogens is 280 g/mol. The van der Waals surface area contributed by atoms with Gasteiger partial charge in [-0.2, -0.15) is 0 Å². The van der Waals surface area contributed by atoms with E-state index in [-0.39, 0.29) is 6.61 Å². The second-order valence-electron chi connectivity index (χ2n) is 5.19. The Morgan fingerprint density at radius 2 is 2.15 bits per heavy atom. The number of carbonyl (C=O) groups is 1. The van der Waals surface area contributed by atoms with Crippen LogP contribution in [0.3, 0.4) is 0 Å². The molecule has 0 radical (unpaired) electrons. The maximum absolute atomic E-state index is 11.3. The molecule has 0 aliphatic heterocycles. The second-order valence-corrected chi connectivity index (χ2v) is 6.62. The lowest BCUT2D eigenvalue weighted by Crippen LogP contribution is -2.47. The predicted octanol–water partition coefficient (Wildman–Crippen LogP) is 1.57. The average molecular weight is 300 g/mol. The summed E-state index contributed by atoms with van der Waals surface area (Å²) in [6, 6.07) is 5.11. The number of benzene rings is 1. The first-order valence-electron chi connectivity index (χ1n) is 6.02.